The molecule has 8 heteroatoms. The molecule has 0 spiro atoms. The quantitative estimate of drug-likeness (QED) is 0.603. The van der Waals surface area contributed by atoms with Gasteiger partial charge in [-0.1, -0.05) is 11.6 Å². The summed E-state index contributed by atoms with van der Waals surface area (Å²) in [6.45, 7) is 1.66. The first-order valence-electron chi connectivity index (χ1n) is 6.08. The van der Waals surface area contributed by atoms with E-state index in [1.165, 1.54) is 19.2 Å². The van der Waals surface area contributed by atoms with Crippen LogP contribution in [0.3, 0.4) is 0 Å². The second-order valence-electron chi connectivity index (χ2n) is 4.30. The molecule has 0 aliphatic rings. The van der Waals surface area contributed by atoms with Crippen LogP contribution in [0.2, 0.25) is 5.15 Å². The highest BCUT2D eigenvalue weighted by Gasteiger charge is 2.22. The number of aryl methyl sites for hydroxylation is 1. The van der Waals surface area contributed by atoms with E-state index in [2.05, 4.69) is 15.0 Å². The lowest BCUT2D eigenvalue weighted by atomic mass is 10.1. The van der Waals surface area contributed by atoms with Crippen LogP contribution in [0.25, 0.3) is 0 Å². The van der Waals surface area contributed by atoms with Crippen molar-refractivity contribution in [2.75, 3.05) is 7.11 Å². The van der Waals surface area contributed by atoms with Crippen molar-refractivity contribution < 1.29 is 24.2 Å². The Morgan fingerprint density at radius 1 is 1.43 bits per heavy atom. The Morgan fingerprint density at radius 2 is 2.10 bits per heavy atom. The molecule has 0 unspecified atom stereocenters. The predicted molar refractivity (Wildman–Crippen MR) is 74.1 cm³/mol. The fraction of sp³-hybridized carbons (Fsp3) is 0.385. The number of rotatable bonds is 6. The summed E-state index contributed by atoms with van der Waals surface area (Å²) >= 11 is 5.75. The number of nitrogens with one attached hydrogen (secondary N) is 1. The zero-order valence-corrected chi connectivity index (χ0v) is 12.3. The highest BCUT2D eigenvalue weighted by Crippen LogP contribution is 2.11. The van der Waals surface area contributed by atoms with E-state index in [9.17, 15) is 14.4 Å². The zero-order valence-electron chi connectivity index (χ0n) is 11.6. The van der Waals surface area contributed by atoms with Gasteiger partial charge in [0.2, 0.25) is 0 Å². The van der Waals surface area contributed by atoms with E-state index in [-0.39, 0.29) is 23.6 Å². The fourth-order valence-electron chi connectivity index (χ4n) is 1.62. The Balaban J connectivity index is 2.76. The molecular weight excluding hydrogens is 300 g/mol. The lowest BCUT2D eigenvalue weighted by Gasteiger charge is -2.14. The molecule has 1 aromatic heterocycles. The molecule has 0 saturated carbocycles. The van der Waals surface area contributed by atoms with E-state index in [1.807, 2.05) is 0 Å². The van der Waals surface area contributed by atoms with Crippen molar-refractivity contribution in [1.29, 1.82) is 0 Å². The molecule has 0 aliphatic heterocycles. The summed E-state index contributed by atoms with van der Waals surface area (Å²) in [5, 5.41) is 11.5. The number of methoxy groups -OCH3 is 1. The molecule has 0 radical (unpaired) electrons. The number of halogens is 1. The largest absolute Gasteiger partial charge is 0.480 e. The van der Waals surface area contributed by atoms with Gasteiger partial charge in [0.05, 0.1) is 7.11 Å². The first-order chi connectivity index (χ1) is 9.83. The summed E-state index contributed by atoms with van der Waals surface area (Å²) in [4.78, 5) is 38.0. The van der Waals surface area contributed by atoms with E-state index in [4.69, 9.17) is 16.7 Å². The Morgan fingerprint density at radius 3 is 2.62 bits per heavy atom. The van der Waals surface area contributed by atoms with Crippen LogP contribution >= 0.6 is 11.6 Å². The lowest BCUT2D eigenvalue weighted by molar-refractivity contribution is -0.142. The van der Waals surface area contributed by atoms with Crippen LogP contribution in [0.1, 0.15) is 28.9 Å². The average molecular weight is 315 g/mol. The van der Waals surface area contributed by atoms with Crippen LogP contribution in [-0.4, -0.2) is 41.1 Å². The van der Waals surface area contributed by atoms with Crippen LogP contribution in [0, 0.1) is 6.92 Å². The molecule has 0 fully saturated rings. The Kier molecular flexibility index (Phi) is 6.10. The molecule has 7 nitrogen and oxygen atoms in total. The SMILES string of the molecule is COC(=O)CC[C@H](NC(=O)c1cc(C)nc(Cl)c1)C(=O)O. The third-order valence-electron chi connectivity index (χ3n) is 2.65. The maximum atomic E-state index is 12.0. The second-order valence-corrected chi connectivity index (χ2v) is 4.69. The highest BCUT2D eigenvalue weighted by molar-refractivity contribution is 6.29. The molecule has 2 N–H and O–H groups in total. The topological polar surface area (TPSA) is 106 Å². The van der Waals surface area contributed by atoms with Gasteiger partial charge in [-0.3, -0.25) is 9.59 Å². The number of aromatic nitrogens is 1. The Labute approximate surface area is 126 Å². The van der Waals surface area contributed by atoms with Crippen LogP contribution in [0.15, 0.2) is 12.1 Å². The summed E-state index contributed by atoms with van der Waals surface area (Å²) in [5.41, 5.74) is 0.742. The van der Waals surface area contributed by atoms with E-state index in [0.717, 1.165) is 0 Å². The third-order valence-corrected chi connectivity index (χ3v) is 2.85. The number of carboxylic acid groups (broad SMARTS) is 1. The number of ether oxygens (including phenoxy) is 1. The van der Waals surface area contributed by atoms with E-state index < -0.39 is 23.9 Å². The Hall–Kier alpha value is -2.15. The van der Waals surface area contributed by atoms with Crippen molar-refractivity contribution in [3.63, 3.8) is 0 Å². The molecule has 1 atom stereocenters. The van der Waals surface area contributed by atoms with Crippen molar-refractivity contribution >= 4 is 29.4 Å². The van der Waals surface area contributed by atoms with Crippen molar-refractivity contribution in [3.8, 4) is 0 Å². The minimum absolute atomic E-state index is 0.0639. The van der Waals surface area contributed by atoms with Gasteiger partial charge in [0.25, 0.3) is 5.91 Å². The molecule has 1 aromatic rings. The molecule has 1 amide bonds. The first kappa shape index (κ1) is 16.9. The molecule has 0 aromatic carbocycles. The number of aliphatic carboxylic acids is 1. The molecule has 0 saturated heterocycles. The third kappa shape index (κ3) is 5.39. The molecule has 1 rings (SSSR count). The summed E-state index contributed by atoms with van der Waals surface area (Å²) in [7, 11) is 1.21. The fourth-order valence-corrected chi connectivity index (χ4v) is 1.87. The number of hydrogen-bond acceptors (Lipinski definition) is 5. The van der Waals surface area contributed by atoms with Gasteiger partial charge in [0, 0.05) is 17.7 Å². The van der Waals surface area contributed by atoms with Crippen LogP contribution in [0.4, 0.5) is 0 Å². The maximum absolute atomic E-state index is 12.0. The highest BCUT2D eigenvalue weighted by atomic mass is 35.5. The van der Waals surface area contributed by atoms with Gasteiger partial charge in [-0.2, -0.15) is 0 Å². The summed E-state index contributed by atoms with van der Waals surface area (Å²) in [6.07, 6.45) is -0.171. The predicted octanol–water partition coefficient (Wildman–Crippen LogP) is 1.18. The normalized spacial score (nSPS) is 11.6. The first-order valence-corrected chi connectivity index (χ1v) is 6.46. The average Bonchev–Trinajstić information content (AvgIpc) is 2.41. The van der Waals surface area contributed by atoms with Gasteiger partial charge in [-0.05, 0) is 25.5 Å². The van der Waals surface area contributed by atoms with Crippen molar-refractivity contribution in [3.05, 3.63) is 28.5 Å². The van der Waals surface area contributed by atoms with E-state index >= 15 is 0 Å². The molecule has 0 aliphatic carbocycles. The smallest absolute Gasteiger partial charge is 0.326 e. The number of carbonyl (C=O) groups is 3. The van der Waals surface area contributed by atoms with Crippen molar-refractivity contribution in [1.82, 2.24) is 10.3 Å². The molecule has 1 heterocycles. The van der Waals surface area contributed by atoms with Crippen LogP contribution in [-0.2, 0) is 14.3 Å². The summed E-state index contributed by atoms with van der Waals surface area (Å²) < 4.78 is 4.43. The number of esters is 1. The van der Waals surface area contributed by atoms with Crippen LogP contribution in [0.5, 0.6) is 0 Å². The molecule has 114 valence electrons. The summed E-state index contributed by atoms with van der Waals surface area (Å²) in [5.74, 6) is -2.37. The number of carbonyl (C=O) groups excluding carboxylic acids is 2. The zero-order chi connectivity index (χ0) is 16.0. The monoisotopic (exact) mass is 314 g/mol. The van der Waals surface area contributed by atoms with Gasteiger partial charge < -0.3 is 15.2 Å². The standard InChI is InChI=1S/C13H15ClN2O5/c1-7-5-8(6-10(14)15-7)12(18)16-9(13(19)20)3-4-11(17)21-2/h5-6,9H,3-4H2,1-2H3,(H,16,18)(H,19,20)/t9-/m0/s1. The molecule has 21 heavy (non-hydrogen) atoms. The number of amides is 1. The lowest BCUT2D eigenvalue weighted by Crippen LogP contribution is -2.41. The minimum Gasteiger partial charge on any atom is -0.480 e. The van der Waals surface area contributed by atoms with Gasteiger partial charge in [-0.15, -0.1) is 0 Å². The maximum Gasteiger partial charge on any atom is 0.326 e. The summed E-state index contributed by atoms with van der Waals surface area (Å²) in [6, 6.07) is 1.63. The second kappa shape index (κ2) is 7.58. The number of carboxylic acids is 1. The molecule has 0 bridgehead atoms. The van der Waals surface area contributed by atoms with Gasteiger partial charge in [0.1, 0.15) is 11.2 Å². The minimum atomic E-state index is -1.23. The number of pyridine rings is 1. The van der Waals surface area contributed by atoms with E-state index in [1.54, 1.807) is 6.92 Å². The van der Waals surface area contributed by atoms with Crippen molar-refractivity contribution in [2.24, 2.45) is 0 Å². The number of nitrogens with zero attached hydrogens (tertiary/aromatic N) is 1. The van der Waals surface area contributed by atoms with Gasteiger partial charge >= 0.3 is 11.9 Å². The van der Waals surface area contributed by atoms with Gasteiger partial charge in [0.15, 0.2) is 0 Å². The van der Waals surface area contributed by atoms with Crippen LogP contribution < -0.4 is 5.32 Å². The van der Waals surface area contributed by atoms with E-state index in [0.29, 0.717) is 5.69 Å². The van der Waals surface area contributed by atoms with Crippen molar-refractivity contribution in [2.45, 2.75) is 25.8 Å². The van der Waals surface area contributed by atoms with Gasteiger partial charge in [-0.25, -0.2) is 9.78 Å². The molecular formula is C13H15ClN2O5. The number of hydrogen-bond donors (Lipinski definition) is 2. The Bertz CT molecular complexity index is 541.